The summed E-state index contributed by atoms with van der Waals surface area (Å²) >= 11 is 3.44. The molecule has 1 aliphatic rings. The molecule has 2 rings (SSSR count). The topological polar surface area (TPSA) is 29.5 Å². The molecule has 1 saturated heterocycles. The quantitative estimate of drug-likeness (QED) is 0.846. The van der Waals surface area contributed by atoms with Gasteiger partial charge in [0.05, 0.1) is 0 Å². The summed E-state index contributed by atoms with van der Waals surface area (Å²) in [5.74, 6) is 1.18. The average Bonchev–Trinajstić information content (AvgIpc) is 2.40. The Morgan fingerprint density at radius 1 is 1.42 bits per heavy atom. The van der Waals surface area contributed by atoms with E-state index >= 15 is 0 Å². The maximum atomic E-state index is 11.8. The van der Waals surface area contributed by atoms with Crippen LogP contribution in [-0.4, -0.2) is 30.0 Å². The molecular weight excluding hydrogens is 306 g/mol. The van der Waals surface area contributed by atoms with Crippen molar-refractivity contribution >= 4 is 21.8 Å². The maximum Gasteiger partial charge on any atom is 0.222 e. The van der Waals surface area contributed by atoms with Gasteiger partial charge in [-0.2, -0.15) is 0 Å². The van der Waals surface area contributed by atoms with Crippen LogP contribution in [0.15, 0.2) is 28.7 Å². The number of piperidine rings is 1. The summed E-state index contributed by atoms with van der Waals surface area (Å²) < 4.78 is 6.98. The third-order valence-corrected chi connectivity index (χ3v) is 3.85. The predicted molar refractivity (Wildman–Crippen MR) is 79.3 cm³/mol. The highest BCUT2D eigenvalue weighted by Gasteiger charge is 2.23. The minimum atomic E-state index is 0.222. The van der Waals surface area contributed by atoms with Crippen molar-refractivity contribution in [1.29, 1.82) is 0 Å². The molecule has 0 N–H and O–H groups in total. The third kappa shape index (κ3) is 4.23. The first-order valence-electron chi connectivity index (χ1n) is 6.89. The number of carbonyl (C=O) groups excluding carboxylic acids is 1. The Morgan fingerprint density at radius 3 is 2.79 bits per heavy atom. The van der Waals surface area contributed by atoms with E-state index in [-0.39, 0.29) is 12.0 Å². The molecule has 1 aromatic carbocycles. The Balaban J connectivity index is 1.82. The number of carbonyl (C=O) groups is 1. The summed E-state index contributed by atoms with van der Waals surface area (Å²) in [4.78, 5) is 13.7. The van der Waals surface area contributed by atoms with Crippen molar-refractivity contribution in [2.24, 2.45) is 0 Å². The standard InChI is InChI=1S/C15H20BrNO2/c1-2-4-15(18)17-9-7-13(8-10-17)19-14-6-3-5-12(16)11-14/h3,5-6,11,13H,2,4,7-10H2,1H3. The second kappa shape index (κ2) is 6.94. The lowest BCUT2D eigenvalue weighted by atomic mass is 10.1. The van der Waals surface area contributed by atoms with Crippen LogP contribution < -0.4 is 4.74 Å². The summed E-state index contributed by atoms with van der Waals surface area (Å²) in [6, 6.07) is 7.91. The van der Waals surface area contributed by atoms with Crippen LogP contribution in [0.2, 0.25) is 0 Å². The Bertz CT molecular complexity index is 428. The fourth-order valence-electron chi connectivity index (χ4n) is 2.33. The number of hydrogen-bond donors (Lipinski definition) is 0. The highest BCUT2D eigenvalue weighted by Crippen LogP contribution is 2.22. The van der Waals surface area contributed by atoms with Gasteiger partial charge in [-0.15, -0.1) is 0 Å². The molecule has 1 fully saturated rings. The lowest BCUT2D eigenvalue weighted by Gasteiger charge is -2.32. The van der Waals surface area contributed by atoms with Gasteiger partial charge < -0.3 is 9.64 Å². The van der Waals surface area contributed by atoms with Crippen LogP contribution in [-0.2, 0) is 4.79 Å². The van der Waals surface area contributed by atoms with Crippen molar-refractivity contribution < 1.29 is 9.53 Å². The molecule has 0 unspecified atom stereocenters. The first-order valence-corrected chi connectivity index (χ1v) is 7.68. The van der Waals surface area contributed by atoms with Crippen LogP contribution in [0, 0.1) is 0 Å². The largest absolute Gasteiger partial charge is 0.490 e. The van der Waals surface area contributed by atoms with E-state index in [4.69, 9.17) is 4.74 Å². The number of ether oxygens (including phenoxy) is 1. The van der Waals surface area contributed by atoms with Gasteiger partial charge in [0.2, 0.25) is 5.91 Å². The lowest BCUT2D eigenvalue weighted by Crippen LogP contribution is -2.41. The van der Waals surface area contributed by atoms with Gasteiger partial charge in [0.1, 0.15) is 11.9 Å². The molecule has 104 valence electrons. The van der Waals surface area contributed by atoms with Crippen molar-refractivity contribution in [2.75, 3.05) is 13.1 Å². The fourth-order valence-corrected chi connectivity index (χ4v) is 2.71. The number of rotatable bonds is 4. The van der Waals surface area contributed by atoms with E-state index in [0.717, 1.165) is 42.6 Å². The maximum absolute atomic E-state index is 11.8. The van der Waals surface area contributed by atoms with Crippen molar-refractivity contribution in [3.05, 3.63) is 28.7 Å². The zero-order chi connectivity index (χ0) is 13.7. The molecule has 1 heterocycles. The van der Waals surface area contributed by atoms with Gasteiger partial charge >= 0.3 is 0 Å². The molecule has 0 aromatic heterocycles. The van der Waals surface area contributed by atoms with Gasteiger partial charge in [-0.05, 0) is 24.6 Å². The number of nitrogens with zero attached hydrogens (tertiary/aromatic N) is 1. The lowest BCUT2D eigenvalue weighted by molar-refractivity contribution is -0.133. The second-order valence-electron chi connectivity index (χ2n) is 4.91. The number of hydrogen-bond acceptors (Lipinski definition) is 2. The Morgan fingerprint density at radius 2 is 2.16 bits per heavy atom. The van der Waals surface area contributed by atoms with E-state index in [9.17, 15) is 4.79 Å². The summed E-state index contributed by atoms with van der Waals surface area (Å²) in [6.07, 6.45) is 3.65. The van der Waals surface area contributed by atoms with Gasteiger partial charge in [0, 0.05) is 36.8 Å². The van der Waals surface area contributed by atoms with Crippen LogP contribution in [0.25, 0.3) is 0 Å². The zero-order valence-corrected chi connectivity index (χ0v) is 12.9. The molecule has 0 aliphatic carbocycles. The highest BCUT2D eigenvalue weighted by atomic mass is 79.9. The van der Waals surface area contributed by atoms with E-state index in [0.29, 0.717) is 6.42 Å². The molecule has 0 atom stereocenters. The summed E-state index contributed by atoms with van der Waals surface area (Å²) in [7, 11) is 0. The SMILES string of the molecule is CCCC(=O)N1CCC(Oc2cccc(Br)c2)CC1. The van der Waals surface area contributed by atoms with Gasteiger partial charge in [-0.1, -0.05) is 28.9 Å². The number of benzene rings is 1. The Kier molecular flexibility index (Phi) is 5.25. The summed E-state index contributed by atoms with van der Waals surface area (Å²) in [6.45, 7) is 3.68. The molecule has 0 saturated carbocycles. The normalized spacial score (nSPS) is 16.4. The molecule has 1 amide bonds. The van der Waals surface area contributed by atoms with Crippen LogP contribution in [0.3, 0.4) is 0 Å². The van der Waals surface area contributed by atoms with Gasteiger partial charge in [-0.3, -0.25) is 4.79 Å². The molecular formula is C15H20BrNO2. The van der Waals surface area contributed by atoms with E-state index in [2.05, 4.69) is 15.9 Å². The van der Waals surface area contributed by atoms with E-state index in [1.165, 1.54) is 0 Å². The molecule has 0 bridgehead atoms. The number of amides is 1. The van der Waals surface area contributed by atoms with Crippen molar-refractivity contribution in [2.45, 2.75) is 38.7 Å². The van der Waals surface area contributed by atoms with E-state index in [1.54, 1.807) is 0 Å². The number of halogens is 1. The third-order valence-electron chi connectivity index (χ3n) is 3.36. The second-order valence-corrected chi connectivity index (χ2v) is 5.82. The molecule has 3 nitrogen and oxygen atoms in total. The van der Waals surface area contributed by atoms with Crippen molar-refractivity contribution in [3.63, 3.8) is 0 Å². The molecule has 19 heavy (non-hydrogen) atoms. The van der Waals surface area contributed by atoms with Crippen molar-refractivity contribution in [3.8, 4) is 5.75 Å². The van der Waals surface area contributed by atoms with Gasteiger partial charge in [0.15, 0.2) is 0 Å². The van der Waals surface area contributed by atoms with Crippen LogP contribution >= 0.6 is 15.9 Å². The fraction of sp³-hybridized carbons (Fsp3) is 0.533. The molecule has 0 spiro atoms. The molecule has 4 heteroatoms. The zero-order valence-electron chi connectivity index (χ0n) is 11.3. The average molecular weight is 326 g/mol. The smallest absolute Gasteiger partial charge is 0.222 e. The predicted octanol–water partition coefficient (Wildman–Crippen LogP) is 3.62. The van der Waals surface area contributed by atoms with E-state index < -0.39 is 0 Å². The minimum absolute atomic E-state index is 0.222. The Hall–Kier alpha value is -1.03. The van der Waals surface area contributed by atoms with Crippen LogP contribution in [0.5, 0.6) is 5.75 Å². The van der Waals surface area contributed by atoms with Gasteiger partial charge in [-0.25, -0.2) is 0 Å². The number of likely N-dealkylation sites (tertiary alicyclic amines) is 1. The van der Waals surface area contributed by atoms with Crippen LogP contribution in [0.1, 0.15) is 32.6 Å². The van der Waals surface area contributed by atoms with E-state index in [1.807, 2.05) is 36.1 Å². The first-order chi connectivity index (χ1) is 9.19. The van der Waals surface area contributed by atoms with Crippen molar-refractivity contribution in [1.82, 2.24) is 4.90 Å². The summed E-state index contributed by atoms with van der Waals surface area (Å²) in [5.41, 5.74) is 0. The molecule has 0 radical (unpaired) electrons. The monoisotopic (exact) mass is 325 g/mol. The highest BCUT2D eigenvalue weighted by molar-refractivity contribution is 9.10. The van der Waals surface area contributed by atoms with Gasteiger partial charge in [0.25, 0.3) is 0 Å². The Labute approximate surface area is 123 Å². The minimum Gasteiger partial charge on any atom is -0.490 e. The summed E-state index contributed by atoms with van der Waals surface area (Å²) in [5, 5.41) is 0. The first kappa shape index (κ1) is 14.4. The van der Waals surface area contributed by atoms with Crippen LogP contribution in [0.4, 0.5) is 0 Å². The molecule has 1 aromatic rings. The molecule has 1 aliphatic heterocycles.